The molecule has 0 amide bonds. The first-order valence-corrected chi connectivity index (χ1v) is 9.86. The number of nitrogens with two attached hydrogens (primary N) is 1. The maximum absolute atomic E-state index is 14.2. The Balaban J connectivity index is 1.73. The van der Waals surface area contributed by atoms with E-state index < -0.39 is 17.0 Å². The number of hydrogen-bond acceptors (Lipinski definition) is 4. The highest BCUT2D eigenvalue weighted by atomic mass is 19.1. The molecule has 1 saturated heterocycles. The molecule has 1 fully saturated rings. The van der Waals surface area contributed by atoms with E-state index in [-0.39, 0.29) is 11.7 Å². The fourth-order valence-corrected chi connectivity index (χ4v) is 4.99. The van der Waals surface area contributed by atoms with Gasteiger partial charge in [0.2, 0.25) is 0 Å². The van der Waals surface area contributed by atoms with Gasteiger partial charge in [0.05, 0.1) is 16.6 Å². The minimum Gasteiger partial charge on any atom is -0.505 e. The highest BCUT2D eigenvalue weighted by Gasteiger charge is 2.53. The molecule has 1 atom stereocenters. The van der Waals surface area contributed by atoms with Crippen LogP contribution < -0.4 is 5.32 Å². The van der Waals surface area contributed by atoms with Gasteiger partial charge in [0.1, 0.15) is 11.4 Å². The number of benzene rings is 2. The van der Waals surface area contributed by atoms with E-state index in [4.69, 9.17) is 10.1 Å². The standard InChI is InChI=1S/C23H21FN2O3/c1-12(11-25)13-2-3-14-18(8-13)26-22-20(14)21(28)15-9-17(24)19(27)10-16(15)23(22)4-6-29-7-5-23/h2-3,8-12,25-27H,4-7H2,1H3/p+1. The van der Waals surface area contributed by atoms with Crippen molar-refractivity contribution in [2.45, 2.75) is 31.1 Å². The average molecular weight is 393 g/mol. The lowest BCUT2D eigenvalue weighted by Crippen LogP contribution is -2.79. The fourth-order valence-electron chi connectivity index (χ4n) is 4.99. The van der Waals surface area contributed by atoms with Crippen LogP contribution in [0.5, 0.6) is 5.75 Å². The van der Waals surface area contributed by atoms with E-state index in [9.17, 15) is 14.3 Å². The number of phenolic OH excluding ortho intramolecular Hbond substituents is 1. The van der Waals surface area contributed by atoms with Gasteiger partial charge in [-0.1, -0.05) is 13.0 Å². The first-order chi connectivity index (χ1) is 14.0. The van der Waals surface area contributed by atoms with Gasteiger partial charge >= 0.3 is 0 Å². The second-order valence-electron chi connectivity index (χ2n) is 8.11. The van der Waals surface area contributed by atoms with Gasteiger partial charge in [-0.2, -0.15) is 0 Å². The van der Waals surface area contributed by atoms with Crippen LogP contribution in [0.15, 0.2) is 36.0 Å². The molecule has 5 nitrogen and oxygen atoms in total. The maximum atomic E-state index is 14.2. The fraction of sp³-hybridized carbons (Fsp3) is 0.304. The number of halogens is 1. The molecule has 2 aliphatic heterocycles. The zero-order valence-corrected chi connectivity index (χ0v) is 16.1. The van der Waals surface area contributed by atoms with Crippen LogP contribution >= 0.6 is 0 Å². The Kier molecular flexibility index (Phi) is 3.98. The SMILES string of the molecule is CC(C=N)c1ccc2c(c1)[NH2+]C1=C2C(=O)c2cc(F)c(O)cc2C12CCOCC2. The largest absolute Gasteiger partial charge is 0.505 e. The summed E-state index contributed by atoms with van der Waals surface area (Å²) in [5.74, 6) is -1.42. The molecule has 1 aliphatic carbocycles. The molecule has 1 unspecified atom stereocenters. The molecule has 0 radical (unpaired) electrons. The molecule has 0 bridgehead atoms. The predicted octanol–water partition coefficient (Wildman–Crippen LogP) is 3.15. The number of nitrogens with one attached hydrogen (secondary N) is 1. The summed E-state index contributed by atoms with van der Waals surface area (Å²) in [5, 5.41) is 19.7. The van der Waals surface area contributed by atoms with Gasteiger partial charge < -0.3 is 15.3 Å². The van der Waals surface area contributed by atoms with E-state index in [2.05, 4.69) is 5.32 Å². The molecule has 2 aromatic carbocycles. The quantitative estimate of drug-likeness (QED) is 0.541. The molecular formula is C23H22FN2O3+. The van der Waals surface area contributed by atoms with Gasteiger partial charge in [0.15, 0.2) is 17.3 Å². The third-order valence-electron chi connectivity index (χ3n) is 6.63. The monoisotopic (exact) mass is 393 g/mol. The number of carbonyl (C=O) groups is 1. The van der Waals surface area contributed by atoms with Gasteiger partial charge in [-0.3, -0.25) is 10.1 Å². The molecular weight excluding hydrogens is 371 g/mol. The number of carbonyl (C=O) groups excluding carboxylic acids is 1. The number of ether oxygens (including phenoxy) is 1. The number of Topliss-reactive ketones (excluding diaryl/α,β-unsaturated/α-hetero) is 1. The maximum Gasteiger partial charge on any atom is 0.199 e. The summed E-state index contributed by atoms with van der Waals surface area (Å²) in [4.78, 5) is 13.4. The van der Waals surface area contributed by atoms with E-state index in [1.165, 1.54) is 18.3 Å². The summed E-state index contributed by atoms with van der Waals surface area (Å²) < 4.78 is 19.8. The number of hydrogen-bond donors (Lipinski definition) is 3. The molecule has 6 heteroatoms. The first kappa shape index (κ1) is 18.2. The van der Waals surface area contributed by atoms with Gasteiger partial charge in [-0.25, -0.2) is 4.39 Å². The number of allylic oxidation sites excluding steroid dienone is 2. The number of ketones is 1. The summed E-state index contributed by atoms with van der Waals surface area (Å²) in [6, 6.07) is 8.53. The van der Waals surface area contributed by atoms with Crippen LogP contribution in [0, 0.1) is 11.2 Å². The van der Waals surface area contributed by atoms with Crippen LogP contribution in [0.4, 0.5) is 10.1 Å². The number of phenols is 1. The topological polar surface area (TPSA) is 87.0 Å². The molecule has 148 valence electrons. The summed E-state index contributed by atoms with van der Waals surface area (Å²) >= 11 is 0. The Labute approximate surface area is 167 Å². The van der Waals surface area contributed by atoms with Crippen LogP contribution in [-0.4, -0.2) is 30.3 Å². The van der Waals surface area contributed by atoms with E-state index in [0.29, 0.717) is 42.8 Å². The van der Waals surface area contributed by atoms with Gasteiger partial charge in [-0.05, 0) is 42.2 Å². The summed E-state index contributed by atoms with van der Waals surface area (Å²) in [6.07, 6.45) is 2.74. The van der Waals surface area contributed by atoms with Crippen molar-refractivity contribution in [3.8, 4) is 5.75 Å². The third-order valence-corrected chi connectivity index (χ3v) is 6.63. The molecule has 3 aliphatic rings. The number of rotatable bonds is 2. The summed E-state index contributed by atoms with van der Waals surface area (Å²) in [6.45, 7) is 3.05. The van der Waals surface area contributed by atoms with Crippen LogP contribution in [0.2, 0.25) is 0 Å². The predicted molar refractivity (Wildman–Crippen MR) is 106 cm³/mol. The Morgan fingerprint density at radius 2 is 2.00 bits per heavy atom. The second-order valence-corrected chi connectivity index (χ2v) is 8.11. The molecule has 5 rings (SSSR count). The molecule has 0 saturated carbocycles. The Bertz CT molecular complexity index is 1100. The Hall–Kier alpha value is -2.83. The van der Waals surface area contributed by atoms with Crippen molar-refractivity contribution < 1.29 is 24.3 Å². The molecule has 2 aromatic rings. The van der Waals surface area contributed by atoms with Crippen molar-refractivity contribution in [1.82, 2.24) is 0 Å². The minimum absolute atomic E-state index is 0.0117. The lowest BCUT2D eigenvalue weighted by atomic mass is 9.64. The van der Waals surface area contributed by atoms with Crippen LogP contribution in [-0.2, 0) is 10.2 Å². The lowest BCUT2D eigenvalue weighted by molar-refractivity contribution is -0.523. The van der Waals surface area contributed by atoms with E-state index >= 15 is 0 Å². The molecule has 29 heavy (non-hydrogen) atoms. The normalized spacial score (nSPS) is 20.3. The van der Waals surface area contributed by atoms with Crippen molar-refractivity contribution in [2.24, 2.45) is 0 Å². The third kappa shape index (κ3) is 2.46. The van der Waals surface area contributed by atoms with E-state index in [1.54, 1.807) is 0 Å². The van der Waals surface area contributed by atoms with Crippen LogP contribution in [0.25, 0.3) is 5.57 Å². The van der Waals surface area contributed by atoms with Gasteiger partial charge in [0.25, 0.3) is 0 Å². The molecule has 4 N–H and O–H groups in total. The smallest absolute Gasteiger partial charge is 0.199 e. The average Bonchev–Trinajstić information content (AvgIpc) is 3.13. The lowest BCUT2D eigenvalue weighted by Gasteiger charge is -2.40. The summed E-state index contributed by atoms with van der Waals surface area (Å²) in [5.41, 5.74) is 4.96. The van der Waals surface area contributed by atoms with Gasteiger partial charge in [-0.15, -0.1) is 0 Å². The first-order valence-electron chi connectivity index (χ1n) is 9.86. The van der Waals surface area contributed by atoms with Crippen molar-refractivity contribution >= 4 is 23.3 Å². The van der Waals surface area contributed by atoms with E-state index in [1.807, 2.05) is 25.1 Å². The minimum atomic E-state index is -0.777. The number of fused-ring (bicyclic) bond motifs is 5. The highest BCUT2D eigenvalue weighted by molar-refractivity contribution is 6.32. The number of aromatic hydroxyl groups is 1. The zero-order chi connectivity index (χ0) is 20.3. The number of quaternary nitrogens is 1. The van der Waals surface area contributed by atoms with Crippen molar-refractivity contribution in [3.05, 3.63) is 64.1 Å². The Morgan fingerprint density at radius 1 is 1.24 bits per heavy atom. The Morgan fingerprint density at radius 3 is 2.72 bits per heavy atom. The molecule has 0 aromatic heterocycles. The zero-order valence-electron chi connectivity index (χ0n) is 16.1. The van der Waals surface area contributed by atoms with Crippen molar-refractivity contribution in [3.63, 3.8) is 0 Å². The molecule has 2 heterocycles. The molecule has 1 spiro atoms. The van der Waals surface area contributed by atoms with Crippen molar-refractivity contribution in [1.29, 1.82) is 5.41 Å². The van der Waals surface area contributed by atoms with Gasteiger partial charge in [0, 0.05) is 37.0 Å². The second kappa shape index (κ2) is 6.34. The highest BCUT2D eigenvalue weighted by Crippen LogP contribution is 2.51. The summed E-state index contributed by atoms with van der Waals surface area (Å²) in [7, 11) is 0. The van der Waals surface area contributed by atoms with Crippen LogP contribution in [0.1, 0.15) is 52.7 Å². The van der Waals surface area contributed by atoms with E-state index in [0.717, 1.165) is 22.5 Å². The van der Waals surface area contributed by atoms with Crippen molar-refractivity contribution in [2.75, 3.05) is 13.2 Å². The van der Waals surface area contributed by atoms with Crippen LogP contribution in [0.3, 0.4) is 0 Å².